The second kappa shape index (κ2) is 9.49. The van der Waals surface area contributed by atoms with Crippen LogP contribution >= 0.6 is 11.8 Å². The maximum atomic E-state index is 12.7. The van der Waals surface area contributed by atoms with E-state index >= 15 is 0 Å². The zero-order valence-electron chi connectivity index (χ0n) is 17.2. The predicted molar refractivity (Wildman–Crippen MR) is 121 cm³/mol. The number of ketones is 1. The average Bonchev–Trinajstić information content (AvgIpc) is 3.27. The van der Waals surface area contributed by atoms with Gasteiger partial charge in [0.2, 0.25) is 5.16 Å². The van der Waals surface area contributed by atoms with Crippen molar-refractivity contribution in [3.8, 4) is 28.6 Å². The smallest absolute Gasteiger partial charge is 0.209 e. The number of Topliss-reactive ketones (excluding diaryl/α,β-unsaturated/α-hetero) is 1. The van der Waals surface area contributed by atoms with Crippen molar-refractivity contribution in [3.05, 3.63) is 84.4 Å². The molecule has 7 heteroatoms. The van der Waals surface area contributed by atoms with Crippen LogP contribution in [-0.4, -0.2) is 40.5 Å². The van der Waals surface area contributed by atoms with E-state index in [1.54, 1.807) is 37.1 Å². The van der Waals surface area contributed by atoms with E-state index in [0.717, 1.165) is 17.1 Å². The number of hydrogen-bond acceptors (Lipinski definition) is 6. The number of carbonyl (C=O) groups is 1. The number of methoxy groups -OCH3 is 2. The minimum Gasteiger partial charge on any atom is -0.493 e. The van der Waals surface area contributed by atoms with Crippen molar-refractivity contribution in [2.75, 3.05) is 20.0 Å². The number of ether oxygens (including phenoxy) is 2. The minimum atomic E-state index is -0.0386. The van der Waals surface area contributed by atoms with Crippen LogP contribution in [0.1, 0.15) is 10.4 Å². The third-order valence-electron chi connectivity index (χ3n) is 4.66. The summed E-state index contributed by atoms with van der Waals surface area (Å²) in [6.07, 6.45) is 0. The standard InChI is InChI=1S/C24H21N3O3S/c1-29-21-14-13-18(15-22(21)30-2)20(28)16-31-24-25-23(17-9-5-3-6-10-17)27(26-24)19-11-7-4-8-12-19/h3-15H,16H2,1-2H3. The van der Waals surface area contributed by atoms with Crippen LogP contribution in [0, 0.1) is 0 Å². The molecule has 0 bridgehead atoms. The molecule has 0 N–H and O–H groups in total. The molecule has 0 aliphatic carbocycles. The summed E-state index contributed by atoms with van der Waals surface area (Å²) in [6.45, 7) is 0. The van der Waals surface area contributed by atoms with E-state index in [-0.39, 0.29) is 11.5 Å². The van der Waals surface area contributed by atoms with Crippen LogP contribution in [0.4, 0.5) is 0 Å². The summed E-state index contributed by atoms with van der Waals surface area (Å²) in [6, 6.07) is 24.9. The molecule has 1 heterocycles. The van der Waals surface area contributed by atoms with E-state index in [1.807, 2.05) is 60.7 Å². The second-order valence-corrected chi connectivity index (χ2v) is 7.56. The van der Waals surface area contributed by atoms with E-state index < -0.39 is 0 Å². The Labute approximate surface area is 184 Å². The number of thioether (sulfide) groups is 1. The SMILES string of the molecule is COc1ccc(C(=O)CSc2nc(-c3ccccc3)n(-c3ccccc3)n2)cc1OC. The third kappa shape index (κ3) is 4.62. The normalized spacial score (nSPS) is 10.6. The third-order valence-corrected chi connectivity index (χ3v) is 5.50. The number of hydrogen-bond donors (Lipinski definition) is 0. The molecule has 0 spiro atoms. The Morgan fingerprint density at radius 3 is 2.26 bits per heavy atom. The molecule has 0 fully saturated rings. The number of rotatable bonds is 8. The molecule has 0 amide bonds. The Hall–Kier alpha value is -3.58. The number of para-hydroxylation sites is 1. The second-order valence-electron chi connectivity index (χ2n) is 6.61. The first-order valence-electron chi connectivity index (χ1n) is 9.65. The summed E-state index contributed by atoms with van der Waals surface area (Å²) in [5.74, 6) is 2.01. The highest BCUT2D eigenvalue weighted by molar-refractivity contribution is 7.99. The van der Waals surface area contributed by atoms with Crippen molar-refractivity contribution in [2.24, 2.45) is 0 Å². The van der Waals surface area contributed by atoms with Gasteiger partial charge in [-0.3, -0.25) is 4.79 Å². The molecule has 0 atom stereocenters. The minimum absolute atomic E-state index is 0.0386. The molecule has 0 radical (unpaired) electrons. The lowest BCUT2D eigenvalue weighted by molar-refractivity contribution is 0.102. The van der Waals surface area contributed by atoms with Crippen LogP contribution in [0.3, 0.4) is 0 Å². The average molecular weight is 432 g/mol. The van der Waals surface area contributed by atoms with E-state index in [9.17, 15) is 4.79 Å². The van der Waals surface area contributed by atoms with Crippen LogP contribution < -0.4 is 9.47 Å². The summed E-state index contributed by atoms with van der Waals surface area (Å²) in [5, 5.41) is 5.19. The Kier molecular flexibility index (Phi) is 6.33. The summed E-state index contributed by atoms with van der Waals surface area (Å²) < 4.78 is 12.3. The van der Waals surface area contributed by atoms with Crippen molar-refractivity contribution < 1.29 is 14.3 Å². The van der Waals surface area contributed by atoms with Gasteiger partial charge in [0.15, 0.2) is 23.1 Å². The quantitative estimate of drug-likeness (QED) is 0.291. The Balaban J connectivity index is 1.58. The summed E-state index contributed by atoms with van der Waals surface area (Å²) in [7, 11) is 3.11. The molecule has 0 saturated heterocycles. The molecule has 31 heavy (non-hydrogen) atoms. The van der Waals surface area contributed by atoms with Crippen LogP contribution in [0.5, 0.6) is 11.5 Å². The topological polar surface area (TPSA) is 66.2 Å². The van der Waals surface area contributed by atoms with Crippen molar-refractivity contribution in [1.82, 2.24) is 14.8 Å². The molecular weight excluding hydrogens is 410 g/mol. The summed E-state index contributed by atoms with van der Waals surface area (Å²) in [5.41, 5.74) is 2.42. The van der Waals surface area contributed by atoms with Crippen molar-refractivity contribution in [1.29, 1.82) is 0 Å². The van der Waals surface area contributed by atoms with Gasteiger partial charge in [0.05, 0.1) is 25.7 Å². The van der Waals surface area contributed by atoms with Crippen LogP contribution in [0.25, 0.3) is 17.1 Å². The number of aromatic nitrogens is 3. The van der Waals surface area contributed by atoms with Gasteiger partial charge in [-0.05, 0) is 30.3 Å². The van der Waals surface area contributed by atoms with Gasteiger partial charge in [-0.2, -0.15) is 0 Å². The molecule has 156 valence electrons. The van der Waals surface area contributed by atoms with Gasteiger partial charge in [0, 0.05) is 11.1 Å². The fourth-order valence-corrected chi connectivity index (χ4v) is 3.82. The Bertz CT molecular complexity index is 1120. The van der Waals surface area contributed by atoms with Crippen molar-refractivity contribution in [3.63, 3.8) is 0 Å². The summed E-state index contributed by atoms with van der Waals surface area (Å²) in [4.78, 5) is 17.4. The molecule has 0 aliphatic rings. The van der Waals surface area contributed by atoms with Crippen molar-refractivity contribution in [2.45, 2.75) is 5.16 Å². The number of carbonyl (C=O) groups excluding carboxylic acids is 1. The zero-order chi connectivity index (χ0) is 21.6. The fourth-order valence-electron chi connectivity index (χ4n) is 3.10. The lowest BCUT2D eigenvalue weighted by Crippen LogP contribution is -2.04. The molecular formula is C24H21N3O3S. The Morgan fingerprint density at radius 1 is 0.903 bits per heavy atom. The highest BCUT2D eigenvalue weighted by atomic mass is 32.2. The van der Waals surface area contributed by atoms with Gasteiger partial charge >= 0.3 is 0 Å². The van der Waals surface area contributed by atoms with Crippen LogP contribution in [0.2, 0.25) is 0 Å². The number of nitrogens with zero attached hydrogens (tertiary/aromatic N) is 3. The maximum absolute atomic E-state index is 12.7. The lowest BCUT2D eigenvalue weighted by atomic mass is 10.1. The van der Waals surface area contributed by atoms with Crippen LogP contribution in [0.15, 0.2) is 84.0 Å². The first-order chi connectivity index (χ1) is 15.2. The number of benzene rings is 3. The lowest BCUT2D eigenvalue weighted by Gasteiger charge is -2.08. The molecule has 0 unspecified atom stereocenters. The zero-order valence-corrected chi connectivity index (χ0v) is 18.0. The van der Waals surface area contributed by atoms with Gasteiger partial charge in [0.25, 0.3) is 0 Å². The molecule has 0 aliphatic heterocycles. The van der Waals surface area contributed by atoms with Gasteiger partial charge in [-0.1, -0.05) is 60.3 Å². The Morgan fingerprint density at radius 2 is 1.58 bits per heavy atom. The van der Waals surface area contributed by atoms with E-state index in [1.165, 1.54) is 11.8 Å². The molecule has 6 nitrogen and oxygen atoms in total. The highest BCUT2D eigenvalue weighted by Crippen LogP contribution is 2.29. The van der Waals surface area contributed by atoms with E-state index in [2.05, 4.69) is 5.10 Å². The summed E-state index contributed by atoms with van der Waals surface area (Å²) >= 11 is 1.31. The van der Waals surface area contributed by atoms with Gasteiger partial charge in [-0.15, -0.1) is 5.10 Å². The maximum Gasteiger partial charge on any atom is 0.209 e. The monoisotopic (exact) mass is 431 g/mol. The van der Waals surface area contributed by atoms with Gasteiger partial charge < -0.3 is 9.47 Å². The van der Waals surface area contributed by atoms with Crippen LogP contribution in [-0.2, 0) is 0 Å². The van der Waals surface area contributed by atoms with E-state index in [0.29, 0.717) is 22.2 Å². The molecule has 1 aromatic heterocycles. The van der Waals surface area contributed by atoms with Crippen molar-refractivity contribution >= 4 is 17.5 Å². The largest absolute Gasteiger partial charge is 0.493 e. The molecule has 3 aromatic carbocycles. The molecule has 4 rings (SSSR count). The highest BCUT2D eigenvalue weighted by Gasteiger charge is 2.16. The molecule has 4 aromatic rings. The van der Waals surface area contributed by atoms with E-state index in [4.69, 9.17) is 14.5 Å². The first kappa shape index (κ1) is 20.7. The first-order valence-corrected chi connectivity index (χ1v) is 10.6. The predicted octanol–water partition coefficient (Wildman–Crippen LogP) is 4.93. The van der Waals surface area contributed by atoms with Gasteiger partial charge in [0.1, 0.15) is 0 Å². The van der Waals surface area contributed by atoms with Gasteiger partial charge in [-0.25, -0.2) is 9.67 Å². The fraction of sp³-hybridized carbons (Fsp3) is 0.125. The molecule has 0 saturated carbocycles.